The summed E-state index contributed by atoms with van der Waals surface area (Å²) in [7, 11) is -8.23. The van der Waals surface area contributed by atoms with Gasteiger partial charge >= 0.3 is 15.2 Å². The number of hydrogen-bond donors (Lipinski definition) is 4. The maximum atomic E-state index is 12.2. The molecular weight excluding hydrogens is 688 g/mol. The molecule has 6 aromatic rings. The molecular formula is C38H35N3O8P2+2. The zero-order valence-electron chi connectivity index (χ0n) is 27.3. The maximum Gasteiger partial charge on any atom is 0.329 e. The lowest BCUT2D eigenvalue weighted by Crippen LogP contribution is -2.32. The van der Waals surface area contributed by atoms with Crippen molar-refractivity contribution in [1.82, 2.24) is 0 Å². The normalized spacial score (nSPS) is 11.8. The van der Waals surface area contributed by atoms with Gasteiger partial charge in [0.15, 0.2) is 37.9 Å². The van der Waals surface area contributed by atoms with Crippen LogP contribution in [0.3, 0.4) is 0 Å². The molecule has 0 amide bonds. The minimum absolute atomic E-state index is 0.00268. The van der Waals surface area contributed by atoms with E-state index in [2.05, 4.69) is 0 Å². The van der Waals surface area contributed by atoms with E-state index in [9.17, 15) is 38.8 Å². The summed E-state index contributed by atoms with van der Waals surface area (Å²) >= 11 is 0. The molecule has 0 saturated heterocycles. The van der Waals surface area contributed by atoms with Gasteiger partial charge in [0.2, 0.25) is 0 Å². The summed E-state index contributed by atoms with van der Waals surface area (Å²) in [5.41, 5.74) is 7.85. The largest absolute Gasteiger partial charge is 0.329 e. The van der Waals surface area contributed by atoms with Gasteiger partial charge in [-0.1, -0.05) is 78.9 Å². The highest BCUT2D eigenvalue weighted by atomic mass is 31.2. The van der Waals surface area contributed by atoms with Crippen LogP contribution in [0.2, 0.25) is 0 Å². The van der Waals surface area contributed by atoms with Gasteiger partial charge in [-0.3, -0.25) is 19.2 Å². The second kappa shape index (κ2) is 15.0. The van der Waals surface area contributed by atoms with Crippen molar-refractivity contribution < 1.29 is 42.8 Å². The second-order valence-corrected chi connectivity index (χ2v) is 15.7. The average Bonchev–Trinajstić information content (AvgIpc) is 3.09. The van der Waals surface area contributed by atoms with Crippen LogP contribution in [-0.4, -0.2) is 24.5 Å². The molecule has 51 heavy (non-hydrogen) atoms. The van der Waals surface area contributed by atoms with E-state index in [1.54, 1.807) is 36.4 Å². The summed E-state index contributed by atoms with van der Waals surface area (Å²) in [5, 5.41) is 12.2. The van der Waals surface area contributed by atoms with Crippen LogP contribution < -0.4 is 9.13 Å². The molecule has 0 atom stereocenters. The van der Waals surface area contributed by atoms with Crippen molar-refractivity contribution in [3.63, 3.8) is 0 Å². The van der Waals surface area contributed by atoms with Crippen molar-refractivity contribution in [3.05, 3.63) is 172 Å². The molecule has 2 heterocycles. The van der Waals surface area contributed by atoms with Gasteiger partial charge in [0, 0.05) is 41.5 Å². The molecule has 0 spiro atoms. The predicted molar refractivity (Wildman–Crippen MR) is 192 cm³/mol. The minimum atomic E-state index is -4.12. The molecule has 0 bridgehead atoms. The lowest BCUT2D eigenvalue weighted by Gasteiger charge is -2.08. The lowest BCUT2D eigenvalue weighted by molar-refractivity contribution is -0.688. The average molecular weight is 724 g/mol. The van der Waals surface area contributed by atoms with E-state index >= 15 is 0 Å². The fourth-order valence-electron chi connectivity index (χ4n) is 5.86. The molecule has 2 aromatic heterocycles. The third kappa shape index (κ3) is 9.78. The first-order valence-corrected chi connectivity index (χ1v) is 19.5. The highest BCUT2D eigenvalue weighted by molar-refractivity contribution is 7.51. The Hall–Kier alpha value is -5.12. The van der Waals surface area contributed by atoms with Gasteiger partial charge in [0.05, 0.1) is 22.8 Å². The van der Waals surface area contributed by atoms with Gasteiger partial charge < -0.3 is 19.6 Å². The number of rotatable bonds is 12. The number of hydrogen-bond acceptors (Lipinski definition) is 4. The van der Waals surface area contributed by atoms with E-state index in [4.69, 9.17) is 0 Å². The fourth-order valence-corrected chi connectivity index (χ4v) is 7.23. The van der Waals surface area contributed by atoms with E-state index in [-0.39, 0.29) is 22.9 Å². The Morgan fingerprint density at radius 3 is 1.25 bits per heavy atom. The quantitative estimate of drug-likeness (QED) is 0.0473. The monoisotopic (exact) mass is 723 g/mol. The van der Waals surface area contributed by atoms with Gasteiger partial charge in [0.1, 0.15) is 0 Å². The van der Waals surface area contributed by atoms with Crippen LogP contribution >= 0.6 is 15.2 Å². The van der Waals surface area contributed by atoms with E-state index in [0.717, 1.165) is 33.4 Å². The van der Waals surface area contributed by atoms with Crippen molar-refractivity contribution >= 4 is 20.9 Å². The summed E-state index contributed by atoms with van der Waals surface area (Å²) in [4.78, 5) is 48.5. The van der Waals surface area contributed by atoms with Crippen molar-refractivity contribution in [3.8, 4) is 33.4 Å². The van der Waals surface area contributed by atoms with Gasteiger partial charge in [-0.05, 0) is 45.0 Å². The van der Waals surface area contributed by atoms with Crippen molar-refractivity contribution in [2.75, 3.05) is 0 Å². The fraction of sp³-hybridized carbons (Fsp3) is 0.105. The zero-order chi connectivity index (χ0) is 36.2. The van der Waals surface area contributed by atoms with Crippen molar-refractivity contribution in [2.24, 2.45) is 0 Å². The molecule has 0 fully saturated rings. The van der Waals surface area contributed by atoms with Crippen LogP contribution in [0.5, 0.6) is 0 Å². The molecule has 4 aromatic carbocycles. The predicted octanol–water partition coefficient (Wildman–Crippen LogP) is 6.62. The second-order valence-electron chi connectivity index (χ2n) is 12.4. The van der Waals surface area contributed by atoms with Gasteiger partial charge in [0.25, 0.3) is 5.69 Å². The number of nitrogens with zero attached hydrogens (tertiary/aromatic N) is 3. The molecule has 0 aliphatic rings. The third-order valence-corrected chi connectivity index (χ3v) is 9.95. The molecule has 0 unspecified atom stereocenters. The standard InChI is InChI=1S/C38H33N3O8P2/c42-41(43)38-23-36(34-17-21-40(22-18-34)25-29-3-7-31(8-4-29)27-51(47,48)49)13-14-37(38)35-11-9-32(10-12-35)33-15-19-39(20-16-33)24-28-1-5-30(6-2-28)26-50(44,45)46/h1-23H,24-27H2,(H2-2,44,45,46,47,48,49)/p+2. The molecule has 0 radical (unpaired) electrons. The number of nitro benzene ring substituents is 1. The van der Waals surface area contributed by atoms with E-state index in [1.165, 1.54) is 0 Å². The molecule has 13 heteroatoms. The molecule has 0 aliphatic carbocycles. The summed E-state index contributed by atoms with van der Waals surface area (Å²) in [6.07, 6.45) is 7.10. The third-order valence-electron chi connectivity index (χ3n) is 8.39. The Balaban J connectivity index is 1.12. The molecule has 6 rings (SSSR count). The molecule has 0 aliphatic heterocycles. The van der Waals surface area contributed by atoms with Crippen molar-refractivity contribution in [2.45, 2.75) is 25.4 Å². The first-order valence-electron chi connectivity index (χ1n) is 15.9. The van der Waals surface area contributed by atoms with Crippen LogP contribution in [0.1, 0.15) is 22.3 Å². The Bertz CT molecular complexity index is 2250. The minimum Gasteiger partial charge on any atom is -0.324 e. The Kier molecular flexibility index (Phi) is 10.5. The van der Waals surface area contributed by atoms with E-state index < -0.39 is 15.2 Å². The Morgan fingerprint density at radius 2 is 0.843 bits per heavy atom. The summed E-state index contributed by atoms with van der Waals surface area (Å²) < 4.78 is 26.5. The molecule has 258 valence electrons. The van der Waals surface area contributed by atoms with Gasteiger partial charge in [-0.15, -0.1) is 0 Å². The first-order chi connectivity index (χ1) is 24.3. The smallest absolute Gasteiger partial charge is 0.324 e. The Labute approximate surface area is 294 Å². The highest BCUT2D eigenvalue weighted by Crippen LogP contribution is 2.40. The van der Waals surface area contributed by atoms with Crippen LogP contribution in [0.4, 0.5) is 5.69 Å². The Morgan fingerprint density at radius 1 is 0.490 bits per heavy atom. The number of nitro groups is 1. The molecule has 4 N–H and O–H groups in total. The molecule has 11 nitrogen and oxygen atoms in total. The maximum absolute atomic E-state index is 12.2. The summed E-state index contributed by atoms with van der Waals surface area (Å²) in [5.74, 6) is 0. The van der Waals surface area contributed by atoms with Gasteiger partial charge in [-0.25, -0.2) is 9.13 Å². The van der Waals surface area contributed by atoms with E-state index in [1.807, 2.05) is 113 Å². The summed E-state index contributed by atoms with van der Waals surface area (Å²) in [6, 6.07) is 34.9. The van der Waals surface area contributed by atoms with Crippen LogP contribution in [0.25, 0.3) is 33.4 Å². The van der Waals surface area contributed by atoms with Crippen LogP contribution in [0.15, 0.2) is 140 Å². The van der Waals surface area contributed by atoms with Crippen molar-refractivity contribution in [1.29, 1.82) is 0 Å². The number of pyridine rings is 2. The SMILES string of the molecule is O=[N+]([O-])c1cc(-c2cc[n+](Cc3ccc(CP(=O)(O)O)cc3)cc2)ccc1-c1ccc(-c2cc[n+](Cc3ccc(CP(=O)(O)O)cc3)cc2)cc1. The van der Waals surface area contributed by atoms with Crippen LogP contribution in [-0.2, 0) is 34.5 Å². The van der Waals surface area contributed by atoms with Gasteiger partial charge in [-0.2, -0.15) is 0 Å². The topological polar surface area (TPSA) is 166 Å². The number of aromatic nitrogens is 2. The molecule has 0 saturated carbocycles. The lowest BCUT2D eigenvalue weighted by atomic mass is 9.97. The number of benzene rings is 4. The van der Waals surface area contributed by atoms with E-state index in [0.29, 0.717) is 35.3 Å². The first kappa shape index (κ1) is 35.7. The highest BCUT2D eigenvalue weighted by Gasteiger charge is 2.19. The summed E-state index contributed by atoms with van der Waals surface area (Å²) in [6.45, 7) is 1.15. The zero-order valence-corrected chi connectivity index (χ0v) is 29.1. The van der Waals surface area contributed by atoms with Crippen LogP contribution in [0, 0.1) is 10.1 Å².